The number of nitrogens with zero attached hydrogens (tertiary/aromatic N) is 1. The van der Waals surface area contributed by atoms with Crippen LogP contribution in [0.5, 0.6) is 0 Å². The Balaban J connectivity index is 1.56. The third-order valence-electron chi connectivity index (χ3n) is 4.80. The van der Waals surface area contributed by atoms with Gasteiger partial charge in [0, 0.05) is 28.4 Å². The molecule has 2 heterocycles. The minimum atomic E-state index is -3.08. The Morgan fingerprint density at radius 2 is 1.52 bits per heavy atom. The molecule has 0 amide bonds. The number of anilines is 1. The van der Waals surface area contributed by atoms with Crippen LogP contribution in [0.25, 0.3) is 21.7 Å². The topological polar surface area (TPSA) is 51.2 Å². The van der Waals surface area contributed by atoms with E-state index in [1.807, 2.05) is 85.1 Å². The first kappa shape index (κ1) is 20.1. The van der Waals surface area contributed by atoms with Crippen LogP contribution in [0.1, 0.15) is 11.1 Å². The second kappa shape index (κ2) is 8.39. The molecular weight excluding hydrogens is 443 g/mol. The summed E-state index contributed by atoms with van der Waals surface area (Å²) in [6, 6.07) is 25.4. The molecule has 0 radical (unpaired) electrons. The summed E-state index contributed by atoms with van der Waals surface area (Å²) in [6.07, 6.45) is 2.02. The van der Waals surface area contributed by atoms with Crippen LogP contribution < -0.4 is 5.09 Å². The zero-order chi connectivity index (χ0) is 21.3. The zero-order valence-electron chi connectivity index (χ0n) is 16.7. The summed E-state index contributed by atoms with van der Waals surface area (Å²) in [5, 5.41) is 3.27. The maximum atomic E-state index is 14.0. The minimum Gasteiger partial charge on any atom is -0.456 e. The van der Waals surface area contributed by atoms with Crippen molar-refractivity contribution < 1.29 is 9.30 Å². The molecule has 1 aromatic heterocycles. The van der Waals surface area contributed by atoms with Crippen LogP contribution in [0, 0.1) is 0 Å². The first-order valence-electron chi connectivity index (χ1n) is 9.69. The predicted octanol–water partition coefficient (Wildman–Crippen LogP) is 7.74. The summed E-state index contributed by atoms with van der Waals surface area (Å²) in [5.41, 5.74) is 3.51. The number of aromatic nitrogens is 1. The van der Waals surface area contributed by atoms with Crippen LogP contribution in [-0.4, -0.2) is 11.2 Å². The lowest BCUT2D eigenvalue weighted by molar-refractivity contribution is 0.469. The van der Waals surface area contributed by atoms with Crippen molar-refractivity contribution >= 4 is 57.8 Å². The van der Waals surface area contributed by atoms with Crippen LogP contribution in [0.2, 0.25) is 0 Å². The zero-order valence-corrected chi connectivity index (χ0v) is 19.2. The lowest BCUT2D eigenvalue weighted by atomic mass is 10.2. The molecule has 1 aliphatic rings. The monoisotopic (exact) mass is 462 g/mol. The number of thioether (sulfide) groups is 1. The van der Waals surface area contributed by atoms with Gasteiger partial charge < -0.3 is 9.82 Å². The Kier molecular flexibility index (Phi) is 5.45. The standard InChI is InChI=1S/C24H19N2O2PS2/c1-30-24-25-20-13-12-19(14-23(20)31-24)26-29(27)15-21(17-8-4-2-5-9-17)28-22(16-29)18-10-6-3-7-11-18/h2-16H,1H3,(H,26,27). The first-order chi connectivity index (χ1) is 15.1. The molecule has 0 bridgehead atoms. The molecule has 0 fully saturated rings. The second-order valence-corrected chi connectivity index (χ2v) is 11.3. The van der Waals surface area contributed by atoms with Crippen molar-refractivity contribution in [3.8, 4) is 0 Å². The Labute approximate surface area is 189 Å². The quantitative estimate of drug-likeness (QED) is 0.243. The number of ether oxygens (including phenoxy) is 1. The van der Waals surface area contributed by atoms with E-state index in [4.69, 9.17) is 4.74 Å². The largest absolute Gasteiger partial charge is 0.456 e. The minimum absolute atomic E-state index is 0.585. The van der Waals surface area contributed by atoms with Gasteiger partial charge in [-0.05, 0) is 24.5 Å². The molecule has 3 aromatic carbocycles. The van der Waals surface area contributed by atoms with Gasteiger partial charge in [0.2, 0.25) is 7.29 Å². The summed E-state index contributed by atoms with van der Waals surface area (Å²) in [4.78, 5) is 4.58. The highest BCUT2D eigenvalue weighted by molar-refractivity contribution is 8.00. The summed E-state index contributed by atoms with van der Waals surface area (Å²) in [7, 11) is -3.08. The highest BCUT2D eigenvalue weighted by Gasteiger charge is 2.27. The van der Waals surface area contributed by atoms with Crippen molar-refractivity contribution in [1.29, 1.82) is 0 Å². The molecule has 0 spiro atoms. The highest BCUT2D eigenvalue weighted by atomic mass is 32.2. The van der Waals surface area contributed by atoms with E-state index in [1.54, 1.807) is 34.7 Å². The summed E-state index contributed by atoms with van der Waals surface area (Å²) in [6.45, 7) is 0. The van der Waals surface area contributed by atoms with Crippen molar-refractivity contribution in [3.63, 3.8) is 0 Å². The molecule has 1 aliphatic heterocycles. The average molecular weight is 463 g/mol. The Morgan fingerprint density at radius 3 is 2.10 bits per heavy atom. The Hall–Kier alpha value is -2.79. The molecule has 4 nitrogen and oxygen atoms in total. The molecule has 7 heteroatoms. The van der Waals surface area contributed by atoms with E-state index in [0.29, 0.717) is 11.5 Å². The first-order valence-corrected chi connectivity index (χ1v) is 13.6. The Morgan fingerprint density at radius 1 is 0.903 bits per heavy atom. The van der Waals surface area contributed by atoms with E-state index in [0.717, 1.165) is 31.4 Å². The van der Waals surface area contributed by atoms with Gasteiger partial charge in [-0.3, -0.25) is 4.57 Å². The van der Waals surface area contributed by atoms with Crippen LogP contribution in [0.3, 0.4) is 0 Å². The lowest BCUT2D eigenvalue weighted by Crippen LogP contribution is -2.03. The van der Waals surface area contributed by atoms with Gasteiger partial charge in [-0.25, -0.2) is 4.98 Å². The van der Waals surface area contributed by atoms with Gasteiger partial charge in [-0.1, -0.05) is 72.4 Å². The van der Waals surface area contributed by atoms with Gasteiger partial charge in [0.05, 0.1) is 10.2 Å². The van der Waals surface area contributed by atoms with E-state index >= 15 is 0 Å². The SMILES string of the molecule is CSc1nc2ccc(NP3(=O)C=C(c4ccccc4)OC(c4ccccc4)=C3)cc2s1. The van der Waals surface area contributed by atoms with Crippen LogP contribution in [0.15, 0.2) is 94.8 Å². The molecule has 0 unspecified atom stereocenters. The van der Waals surface area contributed by atoms with Gasteiger partial charge in [0.15, 0.2) is 4.34 Å². The average Bonchev–Trinajstić information content (AvgIpc) is 3.22. The Bertz CT molecular complexity index is 1290. The summed E-state index contributed by atoms with van der Waals surface area (Å²) >= 11 is 3.26. The van der Waals surface area contributed by atoms with Crippen molar-refractivity contribution in [1.82, 2.24) is 4.98 Å². The number of hydrogen-bond donors (Lipinski definition) is 1. The number of hydrogen-bond acceptors (Lipinski definition) is 5. The molecule has 0 saturated carbocycles. The van der Waals surface area contributed by atoms with Crippen LogP contribution in [0.4, 0.5) is 5.69 Å². The predicted molar refractivity (Wildman–Crippen MR) is 133 cm³/mol. The van der Waals surface area contributed by atoms with Gasteiger partial charge in [-0.2, -0.15) is 0 Å². The molecule has 5 rings (SSSR count). The van der Waals surface area contributed by atoms with E-state index < -0.39 is 7.29 Å². The van der Waals surface area contributed by atoms with E-state index in [9.17, 15) is 4.57 Å². The molecule has 4 aromatic rings. The van der Waals surface area contributed by atoms with Crippen molar-refractivity contribution in [2.75, 3.05) is 11.3 Å². The van der Waals surface area contributed by atoms with Gasteiger partial charge >= 0.3 is 0 Å². The number of thiazole rings is 1. The third-order valence-corrected chi connectivity index (χ3v) is 8.65. The molecule has 31 heavy (non-hydrogen) atoms. The lowest BCUT2D eigenvalue weighted by Gasteiger charge is -2.24. The van der Waals surface area contributed by atoms with Crippen molar-refractivity contribution in [2.24, 2.45) is 0 Å². The normalized spacial score (nSPS) is 15.1. The van der Waals surface area contributed by atoms with Crippen molar-refractivity contribution in [3.05, 3.63) is 102 Å². The van der Waals surface area contributed by atoms with Crippen LogP contribution in [-0.2, 0) is 9.30 Å². The molecule has 154 valence electrons. The van der Waals surface area contributed by atoms with E-state index in [-0.39, 0.29) is 0 Å². The van der Waals surface area contributed by atoms with E-state index in [1.165, 1.54) is 0 Å². The number of benzene rings is 3. The highest BCUT2D eigenvalue weighted by Crippen LogP contribution is 2.56. The molecule has 0 saturated heterocycles. The fourth-order valence-corrected chi connectivity index (χ4v) is 6.73. The summed E-state index contributed by atoms with van der Waals surface area (Å²) < 4.78 is 22.3. The molecular formula is C24H19N2O2PS2. The van der Waals surface area contributed by atoms with Crippen LogP contribution >= 0.6 is 30.4 Å². The number of nitrogens with one attached hydrogen (secondary N) is 1. The number of rotatable bonds is 5. The second-order valence-electron chi connectivity index (χ2n) is 7.01. The van der Waals surface area contributed by atoms with Gasteiger partial charge in [0.1, 0.15) is 11.5 Å². The smallest absolute Gasteiger partial charge is 0.220 e. The fraction of sp³-hybridized carbons (Fsp3) is 0.0417. The van der Waals surface area contributed by atoms with Gasteiger partial charge in [-0.15, -0.1) is 11.3 Å². The summed E-state index contributed by atoms with van der Waals surface area (Å²) in [5.74, 6) is 4.58. The number of fused-ring (bicyclic) bond motifs is 1. The van der Waals surface area contributed by atoms with Crippen molar-refractivity contribution in [2.45, 2.75) is 4.34 Å². The maximum absolute atomic E-state index is 14.0. The molecule has 0 aliphatic carbocycles. The van der Waals surface area contributed by atoms with Gasteiger partial charge in [0.25, 0.3) is 0 Å². The fourth-order valence-electron chi connectivity index (χ4n) is 3.36. The maximum Gasteiger partial charge on any atom is 0.220 e. The molecule has 1 N–H and O–H groups in total. The van der Waals surface area contributed by atoms with E-state index in [2.05, 4.69) is 10.1 Å². The third kappa shape index (κ3) is 4.33. The molecule has 0 atom stereocenters.